The Morgan fingerprint density at radius 3 is 2.75 bits per heavy atom. The van der Waals surface area contributed by atoms with Crippen LogP contribution >= 0.6 is 0 Å². The smallest absolute Gasteiger partial charge is 0.337 e. The maximum absolute atomic E-state index is 11.7. The summed E-state index contributed by atoms with van der Waals surface area (Å²) in [4.78, 5) is 11.7. The van der Waals surface area contributed by atoms with Gasteiger partial charge in [-0.1, -0.05) is 35.9 Å². The van der Waals surface area contributed by atoms with Crippen molar-refractivity contribution in [2.75, 3.05) is 20.2 Å². The quantitative estimate of drug-likeness (QED) is 0.846. The largest absolute Gasteiger partial charge is 0.465 e. The Kier molecular flexibility index (Phi) is 3.89. The average molecular weight is 321 g/mol. The first-order valence-electron chi connectivity index (χ1n) is 8.67. The highest BCUT2D eigenvalue weighted by atomic mass is 16.5. The van der Waals surface area contributed by atoms with Crippen LogP contribution in [0.2, 0.25) is 0 Å². The molecule has 0 bridgehead atoms. The Hall–Kier alpha value is -2.13. The van der Waals surface area contributed by atoms with Crippen LogP contribution in [-0.4, -0.2) is 26.2 Å². The molecule has 124 valence electrons. The minimum Gasteiger partial charge on any atom is -0.465 e. The molecule has 1 heterocycles. The van der Waals surface area contributed by atoms with Crippen molar-refractivity contribution in [2.24, 2.45) is 11.8 Å². The van der Waals surface area contributed by atoms with Gasteiger partial charge in [-0.25, -0.2) is 4.79 Å². The number of carbonyl (C=O) groups excluding carboxylic acids is 1. The van der Waals surface area contributed by atoms with Crippen molar-refractivity contribution in [1.82, 2.24) is 5.32 Å². The van der Waals surface area contributed by atoms with Crippen LogP contribution in [0.15, 0.2) is 59.2 Å². The number of esters is 1. The lowest BCUT2D eigenvalue weighted by atomic mass is 9.76. The van der Waals surface area contributed by atoms with Crippen LogP contribution in [0.25, 0.3) is 0 Å². The summed E-state index contributed by atoms with van der Waals surface area (Å²) < 4.78 is 4.81. The lowest BCUT2D eigenvalue weighted by Crippen LogP contribution is -2.31. The van der Waals surface area contributed by atoms with Crippen LogP contribution < -0.4 is 5.32 Å². The average Bonchev–Trinajstić information content (AvgIpc) is 2.94. The zero-order valence-electron chi connectivity index (χ0n) is 14.2. The van der Waals surface area contributed by atoms with E-state index >= 15 is 0 Å². The molecule has 3 aliphatic rings. The topological polar surface area (TPSA) is 38.3 Å². The van der Waals surface area contributed by atoms with E-state index in [-0.39, 0.29) is 5.97 Å². The third-order valence-corrected chi connectivity index (χ3v) is 5.63. The van der Waals surface area contributed by atoms with Crippen LogP contribution in [0.3, 0.4) is 0 Å². The second-order valence-electron chi connectivity index (χ2n) is 6.96. The lowest BCUT2D eigenvalue weighted by Gasteiger charge is -2.30. The van der Waals surface area contributed by atoms with Gasteiger partial charge in [0.1, 0.15) is 0 Å². The molecule has 4 rings (SSSR count). The molecule has 0 saturated carbocycles. The summed E-state index contributed by atoms with van der Waals surface area (Å²) in [6, 6.07) is 8.02. The molecule has 3 nitrogen and oxygen atoms in total. The number of methoxy groups -OCH3 is 1. The van der Waals surface area contributed by atoms with E-state index in [0.29, 0.717) is 23.3 Å². The van der Waals surface area contributed by atoms with Gasteiger partial charge in [-0.2, -0.15) is 0 Å². The van der Waals surface area contributed by atoms with Gasteiger partial charge in [0.2, 0.25) is 0 Å². The summed E-state index contributed by atoms with van der Waals surface area (Å²) in [5.74, 6) is 1.26. The van der Waals surface area contributed by atoms with Crippen molar-refractivity contribution in [2.45, 2.75) is 19.3 Å². The Morgan fingerprint density at radius 1 is 1.21 bits per heavy atom. The fourth-order valence-corrected chi connectivity index (χ4v) is 4.53. The molecular formula is C21H23NO2. The van der Waals surface area contributed by atoms with Crippen LogP contribution in [0.5, 0.6) is 0 Å². The fraction of sp³-hybridized carbons (Fsp3) is 0.381. The summed E-state index contributed by atoms with van der Waals surface area (Å²) in [7, 11) is 1.42. The number of piperidine rings is 1. The van der Waals surface area contributed by atoms with Gasteiger partial charge in [-0.3, -0.25) is 0 Å². The SMILES string of the molecule is COC(=O)c1ccc(C2C3C=C(C)C=CC3=C3CNCCC32)cc1. The first kappa shape index (κ1) is 15.4. The second kappa shape index (κ2) is 6.06. The molecule has 0 aromatic heterocycles. The minimum atomic E-state index is -0.273. The van der Waals surface area contributed by atoms with Crippen molar-refractivity contribution < 1.29 is 9.53 Å². The molecule has 3 atom stereocenters. The van der Waals surface area contributed by atoms with E-state index < -0.39 is 0 Å². The van der Waals surface area contributed by atoms with Gasteiger partial charge < -0.3 is 10.1 Å². The molecule has 24 heavy (non-hydrogen) atoms. The lowest BCUT2D eigenvalue weighted by molar-refractivity contribution is 0.0600. The summed E-state index contributed by atoms with van der Waals surface area (Å²) in [5.41, 5.74) is 6.36. The minimum absolute atomic E-state index is 0.273. The number of carbonyl (C=O) groups is 1. The molecule has 3 unspecified atom stereocenters. The van der Waals surface area contributed by atoms with Gasteiger partial charge >= 0.3 is 5.97 Å². The standard InChI is InChI=1S/C21H23NO2/c1-13-3-8-16-18(11-13)20(17-9-10-22-12-19(16)17)14-4-6-15(7-5-14)21(23)24-2/h3-8,11,17-18,20,22H,9-10,12H2,1-2H3. The molecule has 0 radical (unpaired) electrons. The predicted molar refractivity (Wildman–Crippen MR) is 94.9 cm³/mol. The summed E-state index contributed by atoms with van der Waals surface area (Å²) in [6.07, 6.45) is 8.14. The maximum atomic E-state index is 11.7. The summed E-state index contributed by atoms with van der Waals surface area (Å²) >= 11 is 0. The van der Waals surface area contributed by atoms with Crippen molar-refractivity contribution in [3.63, 3.8) is 0 Å². The zero-order valence-corrected chi connectivity index (χ0v) is 14.2. The van der Waals surface area contributed by atoms with Crippen LogP contribution in [0, 0.1) is 11.8 Å². The van der Waals surface area contributed by atoms with Crippen LogP contribution in [0.4, 0.5) is 0 Å². The normalized spacial score (nSPS) is 28.2. The predicted octanol–water partition coefficient (Wildman–Crippen LogP) is 3.61. The number of ether oxygens (including phenoxy) is 1. The first-order valence-corrected chi connectivity index (χ1v) is 8.67. The van der Waals surface area contributed by atoms with E-state index in [0.717, 1.165) is 13.1 Å². The monoisotopic (exact) mass is 321 g/mol. The third-order valence-electron chi connectivity index (χ3n) is 5.63. The number of hydrogen-bond acceptors (Lipinski definition) is 3. The Balaban J connectivity index is 1.72. The van der Waals surface area contributed by atoms with E-state index in [2.05, 4.69) is 42.6 Å². The molecule has 1 saturated heterocycles. The molecule has 0 spiro atoms. The molecule has 1 N–H and O–H groups in total. The van der Waals surface area contributed by atoms with Gasteiger partial charge in [0.15, 0.2) is 0 Å². The molecule has 3 heteroatoms. The maximum Gasteiger partial charge on any atom is 0.337 e. The number of rotatable bonds is 2. The molecule has 1 aromatic rings. The van der Waals surface area contributed by atoms with E-state index in [4.69, 9.17) is 4.74 Å². The Labute approximate surface area is 143 Å². The highest BCUT2D eigenvalue weighted by Gasteiger charge is 2.42. The number of benzene rings is 1. The van der Waals surface area contributed by atoms with Crippen molar-refractivity contribution in [3.05, 3.63) is 70.3 Å². The zero-order chi connectivity index (χ0) is 16.7. The molecule has 1 fully saturated rings. The fourth-order valence-electron chi connectivity index (χ4n) is 4.53. The number of allylic oxidation sites excluding steroid dienone is 5. The molecule has 0 amide bonds. The molecular weight excluding hydrogens is 298 g/mol. The van der Waals surface area contributed by atoms with E-state index in [1.54, 1.807) is 5.57 Å². The number of fused-ring (bicyclic) bond motifs is 2. The molecule has 2 aliphatic carbocycles. The second-order valence-corrected chi connectivity index (χ2v) is 6.96. The summed E-state index contributed by atoms with van der Waals surface area (Å²) in [6.45, 7) is 4.26. The van der Waals surface area contributed by atoms with Crippen molar-refractivity contribution >= 4 is 5.97 Å². The van der Waals surface area contributed by atoms with E-state index in [9.17, 15) is 4.79 Å². The van der Waals surface area contributed by atoms with Gasteiger partial charge in [0.25, 0.3) is 0 Å². The van der Waals surface area contributed by atoms with Crippen LogP contribution in [-0.2, 0) is 4.74 Å². The highest BCUT2D eigenvalue weighted by Crippen LogP contribution is 2.52. The van der Waals surface area contributed by atoms with Crippen molar-refractivity contribution in [3.8, 4) is 0 Å². The van der Waals surface area contributed by atoms with Crippen molar-refractivity contribution in [1.29, 1.82) is 0 Å². The Morgan fingerprint density at radius 2 is 2.00 bits per heavy atom. The Bertz CT molecular complexity index is 755. The molecule has 1 aromatic carbocycles. The highest BCUT2D eigenvalue weighted by molar-refractivity contribution is 5.89. The van der Waals surface area contributed by atoms with Gasteiger partial charge in [0.05, 0.1) is 12.7 Å². The van der Waals surface area contributed by atoms with E-state index in [1.807, 2.05) is 12.1 Å². The first-order chi connectivity index (χ1) is 11.7. The number of nitrogens with one attached hydrogen (secondary N) is 1. The van der Waals surface area contributed by atoms with Gasteiger partial charge in [0, 0.05) is 18.4 Å². The third kappa shape index (κ3) is 2.44. The van der Waals surface area contributed by atoms with Gasteiger partial charge in [-0.15, -0.1) is 0 Å². The van der Waals surface area contributed by atoms with Gasteiger partial charge in [-0.05, 0) is 54.6 Å². The van der Waals surface area contributed by atoms with E-state index in [1.165, 1.54) is 30.2 Å². The summed E-state index contributed by atoms with van der Waals surface area (Å²) in [5, 5.41) is 3.53. The van der Waals surface area contributed by atoms with Crippen LogP contribution in [0.1, 0.15) is 35.2 Å². The molecule has 1 aliphatic heterocycles. The number of hydrogen-bond donors (Lipinski definition) is 1.